The molecule has 0 radical (unpaired) electrons. The van der Waals surface area contributed by atoms with Crippen LogP contribution < -0.4 is 5.32 Å². The van der Waals surface area contributed by atoms with Crippen LogP contribution >= 0.6 is 0 Å². The third-order valence-corrected chi connectivity index (χ3v) is 3.09. The molecule has 4 heteroatoms. The van der Waals surface area contributed by atoms with Gasteiger partial charge in [0.15, 0.2) is 0 Å². The molecule has 0 aromatic heterocycles. The average Bonchev–Trinajstić information content (AvgIpc) is 2.47. The maximum atomic E-state index is 11.6. The first-order chi connectivity index (χ1) is 9.47. The van der Waals surface area contributed by atoms with Crippen molar-refractivity contribution < 1.29 is 9.53 Å². The zero-order valence-electron chi connectivity index (χ0n) is 12.3. The summed E-state index contributed by atoms with van der Waals surface area (Å²) >= 11 is 0. The molecule has 0 aliphatic heterocycles. The molecule has 0 heterocycles. The maximum Gasteiger partial charge on any atom is 0.239 e. The molecule has 108 valence electrons. The Morgan fingerprint density at radius 2 is 2.05 bits per heavy atom. The van der Waals surface area contributed by atoms with Gasteiger partial charge in [-0.3, -0.25) is 4.79 Å². The molecule has 1 atom stereocenters. The van der Waals surface area contributed by atoms with E-state index in [9.17, 15) is 4.79 Å². The highest BCUT2D eigenvalue weighted by atomic mass is 16.5. The molecule has 1 N–H and O–H groups in total. The van der Waals surface area contributed by atoms with E-state index >= 15 is 0 Å². The van der Waals surface area contributed by atoms with E-state index in [4.69, 9.17) is 10.00 Å². The number of nitrogens with one attached hydrogen (secondary N) is 1. The van der Waals surface area contributed by atoms with Gasteiger partial charge in [-0.25, -0.2) is 0 Å². The van der Waals surface area contributed by atoms with E-state index in [1.807, 2.05) is 43.3 Å². The van der Waals surface area contributed by atoms with Gasteiger partial charge in [0.05, 0.1) is 12.2 Å². The summed E-state index contributed by atoms with van der Waals surface area (Å²) in [6.45, 7) is 6.31. The van der Waals surface area contributed by atoms with Gasteiger partial charge >= 0.3 is 0 Å². The zero-order chi connectivity index (χ0) is 15.0. The minimum absolute atomic E-state index is 0.0439. The molecule has 0 aliphatic rings. The summed E-state index contributed by atoms with van der Waals surface area (Å²) in [7, 11) is 0. The number of hydrogen-bond acceptors (Lipinski definition) is 3. The summed E-state index contributed by atoms with van der Waals surface area (Å²) in [5, 5.41) is 11.6. The van der Waals surface area contributed by atoms with Crippen molar-refractivity contribution in [2.75, 3.05) is 13.2 Å². The SMILES string of the molecule is C[C@@H](OCCCNC(=O)C(C)(C)C#N)c1ccccc1. The van der Waals surface area contributed by atoms with Gasteiger partial charge < -0.3 is 10.1 Å². The molecule has 0 fully saturated rings. The van der Waals surface area contributed by atoms with Crippen molar-refractivity contribution in [3.63, 3.8) is 0 Å². The molecule has 0 aliphatic carbocycles. The Morgan fingerprint density at radius 3 is 2.65 bits per heavy atom. The molecule has 20 heavy (non-hydrogen) atoms. The van der Waals surface area contributed by atoms with Gasteiger partial charge in [0, 0.05) is 13.2 Å². The minimum Gasteiger partial charge on any atom is -0.374 e. The monoisotopic (exact) mass is 274 g/mol. The fourth-order valence-electron chi connectivity index (χ4n) is 1.63. The van der Waals surface area contributed by atoms with Crippen LogP contribution in [0.5, 0.6) is 0 Å². The number of ether oxygens (including phenoxy) is 1. The number of nitrogens with zero attached hydrogens (tertiary/aromatic N) is 1. The molecule has 1 rings (SSSR count). The van der Waals surface area contributed by atoms with E-state index in [0.29, 0.717) is 13.2 Å². The molecule has 0 spiro atoms. The lowest BCUT2D eigenvalue weighted by Crippen LogP contribution is -2.36. The molecule has 0 bridgehead atoms. The molecule has 1 amide bonds. The molecule has 0 saturated heterocycles. The fourth-order valence-corrected chi connectivity index (χ4v) is 1.63. The lowest BCUT2D eigenvalue weighted by atomic mass is 9.95. The van der Waals surface area contributed by atoms with Gasteiger partial charge in [-0.15, -0.1) is 0 Å². The predicted octanol–water partition coefficient (Wildman–Crippen LogP) is 2.82. The smallest absolute Gasteiger partial charge is 0.239 e. The van der Waals surface area contributed by atoms with E-state index in [1.165, 1.54) is 0 Å². The summed E-state index contributed by atoms with van der Waals surface area (Å²) in [6, 6.07) is 12.0. The van der Waals surface area contributed by atoms with Gasteiger partial charge in [-0.1, -0.05) is 30.3 Å². The van der Waals surface area contributed by atoms with Crippen molar-refractivity contribution in [2.24, 2.45) is 5.41 Å². The second-order valence-electron chi connectivity index (χ2n) is 5.27. The Hall–Kier alpha value is -1.86. The summed E-state index contributed by atoms with van der Waals surface area (Å²) in [6.07, 6.45) is 0.771. The van der Waals surface area contributed by atoms with Crippen molar-refractivity contribution in [3.8, 4) is 6.07 Å². The Balaban J connectivity index is 2.20. The summed E-state index contributed by atoms with van der Waals surface area (Å²) in [4.78, 5) is 11.6. The topological polar surface area (TPSA) is 62.1 Å². The number of carbonyl (C=O) groups excluding carboxylic acids is 1. The highest BCUT2D eigenvalue weighted by Gasteiger charge is 2.26. The van der Waals surface area contributed by atoms with Crippen molar-refractivity contribution in [3.05, 3.63) is 35.9 Å². The zero-order valence-corrected chi connectivity index (χ0v) is 12.3. The van der Waals surface area contributed by atoms with Gasteiger partial charge in [-0.05, 0) is 32.8 Å². The lowest BCUT2D eigenvalue weighted by Gasteiger charge is -2.16. The summed E-state index contributed by atoms with van der Waals surface area (Å²) in [5.74, 6) is -0.240. The second kappa shape index (κ2) is 7.66. The van der Waals surface area contributed by atoms with E-state index < -0.39 is 5.41 Å². The van der Waals surface area contributed by atoms with Crippen molar-refractivity contribution in [2.45, 2.75) is 33.3 Å². The molecule has 4 nitrogen and oxygen atoms in total. The molecule has 1 aromatic carbocycles. The number of carbonyl (C=O) groups is 1. The van der Waals surface area contributed by atoms with Crippen LogP contribution in [-0.4, -0.2) is 19.1 Å². The maximum absolute atomic E-state index is 11.6. The van der Waals surface area contributed by atoms with Crippen LogP contribution in [0.25, 0.3) is 0 Å². The molecule has 0 unspecified atom stereocenters. The highest BCUT2D eigenvalue weighted by molar-refractivity contribution is 5.84. The quantitative estimate of drug-likeness (QED) is 0.778. The Labute approximate surface area is 120 Å². The predicted molar refractivity (Wildman–Crippen MR) is 77.8 cm³/mol. The van der Waals surface area contributed by atoms with Crippen molar-refractivity contribution >= 4 is 5.91 Å². The number of nitriles is 1. The Morgan fingerprint density at radius 1 is 1.40 bits per heavy atom. The third kappa shape index (κ3) is 5.02. The van der Waals surface area contributed by atoms with Gasteiger partial charge in [-0.2, -0.15) is 5.26 Å². The van der Waals surface area contributed by atoms with Crippen molar-refractivity contribution in [1.29, 1.82) is 5.26 Å². The van der Waals surface area contributed by atoms with Gasteiger partial charge in [0.1, 0.15) is 5.41 Å². The Bertz CT molecular complexity index is 463. The van der Waals surface area contributed by atoms with Crippen LogP contribution in [-0.2, 0) is 9.53 Å². The second-order valence-corrected chi connectivity index (χ2v) is 5.27. The van der Waals surface area contributed by atoms with Gasteiger partial charge in [0.25, 0.3) is 0 Å². The molecule has 0 saturated carbocycles. The average molecular weight is 274 g/mol. The standard InChI is InChI=1S/C16H22N2O2/c1-13(14-8-5-4-6-9-14)20-11-7-10-18-15(19)16(2,3)12-17/h4-6,8-9,13H,7,10-11H2,1-3H3,(H,18,19)/t13-/m1/s1. The minimum atomic E-state index is -0.974. The van der Waals surface area contributed by atoms with E-state index in [1.54, 1.807) is 13.8 Å². The van der Waals surface area contributed by atoms with E-state index in [0.717, 1.165) is 12.0 Å². The first-order valence-electron chi connectivity index (χ1n) is 6.83. The van der Waals surface area contributed by atoms with Crippen LogP contribution in [0.1, 0.15) is 38.9 Å². The Kier molecular flexibility index (Phi) is 6.20. The summed E-state index contributed by atoms with van der Waals surface area (Å²) < 4.78 is 5.71. The highest BCUT2D eigenvalue weighted by Crippen LogP contribution is 2.16. The van der Waals surface area contributed by atoms with Crippen LogP contribution in [0.2, 0.25) is 0 Å². The molecular weight excluding hydrogens is 252 g/mol. The van der Waals surface area contributed by atoms with Crippen LogP contribution in [0.3, 0.4) is 0 Å². The van der Waals surface area contributed by atoms with E-state index in [2.05, 4.69) is 5.32 Å². The number of benzene rings is 1. The first kappa shape index (κ1) is 16.2. The molecular formula is C16H22N2O2. The first-order valence-corrected chi connectivity index (χ1v) is 6.83. The lowest BCUT2D eigenvalue weighted by molar-refractivity contribution is -0.126. The number of amides is 1. The normalized spacial score (nSPS) is 12.5. The fraction of sp³-hybridized carbons (Fsp3) is 0.500. The van der Waals surface area contributed by atoms with Crippen LogP contribution in [0.4, 0.5) is 0 Å². The van der Waals surface area contributed by atoms with Gasteiger partial charge in [0.2, 0.25) is 5.91 Å². The molecule has 1 aromatic rings. The van der Waals surface area contributed by atoms with Crippen molar-refractivity contribution in [1.82, 2.24) is 5.32 Å². The van der Waals surface area contributed by atoms with E-state index in [-0.39, 0.29) is 12.0 Å². The van der Waals surface area contributed by atoms with Crippen LogP contribution in [0, 0.1) is 16.7 Å². The van der Waals surface area contributed by atoms with Crippen LogP contribution in [0.15, 0.2) is 30.3 Å². The number of rotatable bonds is 7. The summed E-state index contributed by atoms with van der Waals surface area (Å²) in [5.41, 5.74) is 0.167. The number of hydrogen-bond donors (Lipinski definition) is 1. The third-order valence-electron chi connectivity index (χ3n) is 3.09. The largest absolute Gasteiger partial charge is 0.374 e.